The van der Waals surface area contributed by atoms with Crippen molar-refractivity contribution in [3.63, 3.8) is 0 Å². The van der Waals surface area contributed by atoms with Gasteiger partial charge in [-0.3, -0.25) is 9.59 Å². The van der Waals surface area contributed by atoms with E-state index in [0.717, 1.165) is 64.5 Å². The van der Waals surface area contributed by atoms with Gasteiger partial charge in [0.15, 0.2) is 0 Å². The number of piperidine rings is 1. The molecule has 5 heteroatoms. The topological polar surface area (TPSA) is 75.4 Å². The second kappa shape index (κ2) is 8.67. The summed E-state index contributed by atoms with van der Waals surface area (Å²) in [5.41, 5.74) is 6.81. The highest BCUT2D eigenvalue weighted by Gasteiger charge is 2.35. The average Bonchev–Trinajstić information content (AvgIpc) is 2.68. The Labute approximate surface area is 156 Å². The summed E-state index contributed by atoms with van der Waals surface area (Å²) in [5, 5.41) is 2.79. The van der Waals surface area contributed by atoms with Crippen LogP contribution in [0, 0.1) is 5.92 Å². The molecule has 2 fully saturated rings. The summed E-state index contributed by atoms with van der Waals surface area (Å²) in [7, 11) is 0. The number of likely N-dealkylation sites (tertiary alicyclic amines) is 1. The Bertz CT molecular complexity index is 603. The first-order valence-electron chi connectivity index (χ1n) is 9.96. The van der Waals surface area contributed by atoms with Crippen molar-refractivity contribution in [3.8, 4) is 0 Å². The Morgan fingerprint density at radius 2 is 1.73 bits per heavy atom. The van der Waals surface area contributed by atoms with E-state index in [4.69, 9.17) is 5.73 Å². The Hall–Kier alpha value is -1.88. The van der Waals surface area contributed by atoms with Gasteiger partial charge in [-0.25, -0.2) is 0 Å². The lowest BCUT2D eigenvalue weighted by atomic mass is 9.82. The maximum absolute atomic E-state index is 12.4. The monoisotopic (exact) mass is 357 g/mol. The van der Waals surface area contributed by atoms with E-state index in [-0.39, 0.29) is 18.4 Å². The second-order valence-electron chi connectivity index (χ2n) is 7.91. The molecule has 2 aliphatic rings. The number of carbonyl (C=O) groups is 2. The zero-order chi connectivity index (χ0) is 18.4. The van der Waals surface area contributed by atoms with Crippen molar-refractivity contribution in [2.45, 2.75) is 56.9 Å². The van der Waals surface area contributed by atoms with Crippen molar-refractivity contribution < 1.29 is 9.59 Å². The van der Waals surface area contributed by atoms with E-state index < -0.39 is 5.54 Å². The third-order valence-corrected chi connectivity index (χ3v) is 5.93. The highest BCUT2D eigenvalue weighted by atomic mass is 16.2. The molecule has 0 atom stereocenters. The van der Waals surface area contributed by atoms with Crippen molar-refractivity contribution in [2.75, 3.05) is 19.6 Å². The van der Waals surface area contributed by atoms with Crippen LogP contribution in [0.2, 0.25) is 0 Å². The molecule has 1 heterocycles. The van der Waals surface area contributed by atoms with Crippen LogP contribution in [-0.4, -0.2) is 41.9 Å². The Balaban J connectivity index is 1.40. The first kappa shape index (κ1) is 18.9. The molecule has 5 nitrogen and oxygen atoms in total. The molecule has 26 heavy (non-hydrogen) atoms. The third kappa shape index (κ3) is 4.85. The average molecular weight is 357 g/mol. The van der Waals surface area contributed by atoms with Crippen LogP contribution in [0.25, 0.3) is 0 Å². The number of benzene rings is 1. The molecular formula is C21H31N3O2. The number of hydrogen-bond donors (Lipinski definition) is 2. The van der Waals surface area contributed by atoms with Crippen LogP contribution >= 0.6 is 0 Å². The summed E-state index contributed by atoms with van der Waals surface area (Å²) in [6.45, 7) is 1.63. The number of carbonyl (C=O) groups excluding carboxylic acids is 2. The van der Waals surface area contributed by atoms with Gasteiger partial charge in [0.05, 0.1) is 12.1 Å². The highest BCUT2D eigenvalue weighted by Crippen LogP contribution is 2.26. The summed E-state index contributed by atoms with van der Waals surface area (Å²) in [4.78, 5) is 26.7. The molecule has 1 aliphatic heterocycles. The second-order valence-corrected chi connectivity index (χ2v) is 7.91. The maximum Gasteiger partial charge on any atom is 0.241 e. The van der Waals surface area contributed by atoms with Gasteiger partial charge in [-0.2, -0.15) is 0 Å². The van der Waals surface area contributed by atoms with Gasteiger partial charge in [0.1, 0.15) is 0 Å². The largest absolute Gasteiger partial charge is 0.345 e. The Morgan fingerprint density at radius 1 is 1.08 bits per heavy atom. The maximum atomic E-state index is 12.4. The van der Waals surface area contributed by atoms with E-state index >= 15 is 0 Å². The van der Waals surface area contributed by atoms with E-state index in [1.54, 1.807) is 0 Å². The van der Waals surface area contributed by atoms with E-state index in [1.165, 1.54) is 5.56 Å². The third-order valence-electron chi connectivity index (χ3n) is 5.93. The minimum Gasteiger partial charge on any atom is -0.345 e. The summed E-state index contributed by atoms with van der Waals surface area (Å²) in [5.74, 6) is 0.478. The normalized spacial score (nSPS) is 20.6. The Kier molecular flexibility index (Phi) is 6.30. The predicted octanol–water partition coefficient (Wildman–Crippen LogP) is 2.25. The van der Waals surface area contributed by atoms with E-state index in [2.05, 4.69) is 29.6 Å². The quantitative estimate of drug-likeness (QED) is 0.849. The van der Waals surface area contributed by atoms with Crippen LogP contribution in [0.4, 0.5) is 0 Å². The van der Waals surface area contributed by atoms with Gasteiger partial charge in [-0.05, 0) is 43.6 Å². The fraction of sp³-hybridized carbons (Fsp3) is 0.619. The molecule has 142 valence electrons. The molecule has 0 bridgehead atoms. The minimum absolute atomic E-state index is 0.0101. The zero-order valence-corrected chi connectivity index (χ0v) is 15.6. The molecule has 0 unspecified atom stereocenters. The van der Waals surface area contributed by atoms with E-state index in [1.807, 2.05) is 11.0 Å². The van der Waals surface area contributed by atoms with Crippen molar-refractivity contribution in [1.29, 1.82) is 0 Å². The van der Waals surface area contributed by atoms with Gasteiger partial charge in [0, 0.05) is 13.1 Å². The van der Waals surface area contributed by atoms with Gasteiger partial charge in [-0.1, -0.05) is 49.6 Å². The predicted molar refractivity (Wildman–Crippen MR) is 102 cm³/mol. The molecule has 0 aromatic heterocycles. The van der Waals surface area contributed by atoms with Crippen molar-refractivity contribution >= 4 is 11.8 Å². The summed E-state index contributed by atoms with van der Waals surface area (Å²) in [6.07, 6.45) is 7.69. The van der Waals surface area contributed by atoms with Crippen LogP contribution in [0.5, 0.6) is 0 Å². The minimum atomic E-state index is -0.777. The fourth-order valence-corrected chi connectivity index (χ4v) is 4.19. The zero-order valence-electron chi connectivity index (χ0n) is 15.6. The molecule has 1 aliphatic carbocycles. The molecule has 1 saturated carbocycles. The fourth-order valence-electron chi connectivity index (χ4n) is 4.19. The number of nitrogens with zero attached hydrogens (tertiary/aromatic N) is 1. The molecule has 1 aromatic rings. The summed E-state index contributed by atoms with van der Waals surface area (Å²) >= 11 is 0. The highest BCUT2D eigenvalue weighted by molar-refractivity contribution is 5.90. The first-order chi connectivity index (χ1) is 12.6. The number of rotatable bonds is 5. The smallest absolute Gasteiger partial charge is 0.241 e. The van der Waals surface area contributed by atoms with Gasteiger partial charge in [0.25, 0.3) is 0 Å². The lowest BCUT2D eigenvalue weighted by molar-refractivity contribution is -0.135. The van der Waals surface area contributed by atoms with Gasteiger partial charge < -0.3 is 16.0 Å². The van der Waals surface area contributed by atoms with Gasteiger partial charge in [0.2, 0.25) is 11.8 Å². The molecule has 3 N–H and O–H groups in total. The molecular weight excluding hydrogens is 326 g/mol. The van der Waals surface area contributed by atoms with Crippen LogP contribution < -0.4 is 11.1 Å². The number of nitrogens with two attached hydrogens (primary N) is 1. The first-order valence-corrected chi connectivity index (χ1v) is 9.96. The molecule has 2 amide bonds. The SMILES string of the molecule is NC1(C(=O)NCC(=O)N2CCC(Cc3ccccc3)CC2)CCCCC1. The van der Waals surface area contributed by atoms with Crippen LogP contribution in [-0.2, 0) is 16.0 Å². The lowest BCUT2D eigenvalue weighted by Crippen LogP contribution is -2.56. The Morgan fingerprint density at radius 3 is 2.38 bits per heavy atom. The summed E-state index contributed by atoms with van der Waals surface area (Å²) in [6, 6.07) is 10.5. The molecule has 0 radical (unpaired) electrons. The lowest BCUT2D eigenvalue weighted by Gasteiger charge is -2.34. The van der Waals surface area contributed by atoms with E-state index in [0.29, 0.717) is 5.92 Å². The summed E-state index contributed by atoms with van der Waals surface area (Å²) < 4.78 is 0. The van der Waals surface area contributed by atoms with Gasteiger partial charge in [-0.15, -0.1) is 0 Å². The van der Waals surface area contributed by atoms with Crippen molar-refractivity contribution in [3.05, 3.63) is 35.9 Å². The number of hydrogen-bond acceptors (Lipinski definition) is 3. The molecule has 3 rings (SSSR count). The standard InChI is InChI=1S/C21H31N3O2/c22-21(11-5-2-6-12-21)20(26)23-16-19(25)24-13-9-18(10-14-24)15-17-7-3-1-4-8-17/h1,3-4,7-8,18H,2,5-6,9-16,22H2,(H,23,26). The van der Waals surface area contributed by atoms with E-state index in [9.17, 15) is 9.59 Å². The molecule has 0 spiro atoms. The van der Waals surface area contributed by atoms with Gasteiger partial charge >= 0.3 is 0 Å². The molecule has 1 saturated heterocycles. The molecule has 1 aromatic carbocycles. The van der Waals surface area contributed by atoms with Crippen molar-refractivity contribution in [2.24, 2.45) is 11.7 Å². The van der Waals surface area contributed by atoms with Crippen molar-refractivity contribution in [1.82, 2.24) is 10.2 Å². The number of amides is 2. The van der Waals surface area contributed by atoms with Crippen LogP contribution in [0.1, 0.15) is 50.5 Å². The van der Waals surface area contributed by atoms with Crippen LogP contribution in [0.15, 0.2) is 30.3 Å². The number of nitrogens with one attached hydrogen (secondary N) is 1. The van der Waals surface area contributed by atoms with Crippen LogP contribution in [0.3, 0.4) is 0 Å².